The van der Waals surface area contributed by atoms with Crippen molar-refractivity contribution in [3.63, 3.8) is 0 Å². The predicted molar refractivity (Wildman–Crippen MR) is 91.6 cm³/mol. The Morgan fingerprint density at radius 3 is 2.60 bits per heavy atom. The van der Waals surface area contributed by atoms with Gasteiger partial charge in [0.2, 0.25) is 5.95 Å². The van der Waals surface area contributed by atoms with E-state index in [1.807, 2.05) is 0 Å². The second-order valence-electron chi connectivity index (χ2n) is 6.28. The summed E-state index contributed by atoms with van der Waals surface area (Å²) in [7, 11) is 0. The number of hydrogen-bond acceptors (Lipinski definition) is 4. The topological polar surface area (TPSA) is 66.9 Å². The standard InChI is InChI=1S/C18H20F2N4O/c1-11-9-16(17(25)23-15-8-7-12(19)10-14(15)20)24-18(21-11)22-13-5-3-2-4-6-13/h7-10,13H,2-6H2,1H3,(H,23,25)(H,21,22,24). The summed E-state index contributed by atoms with van der Waals surface area (Å²) in [4.78, 5) is 20.9. The molecular weight excluding hydrogens is 326 g/mol. The zero-order valence-corrected chi connectivity index (χ0v) is 14.0. The average molecular weight is 346 g/mol. The van der Waals surface area contributed by atoms with Crippen molar-refractivity contribution < 1.29 is 13.6 Å². The lowest BCUT2D eigenvalue weighted by Crippen LogP contribution is -2.24. The molecule has 0 spiro atoms. The molecule has 1 aromatic carbocycles. The first-order valence-electron chi connectivity index (χ1n) is 8.40. The van der Waals surface area contributed by atoms with Crippen LogP contribution in [0.4, 0.5) is 20.4 Å². The summed E-state index contributed by atoms with van der Waals surface area (Å²) in [5, 5.41) is 5.69. The van der Waals surface area contributed by atoms with E-state index in [9.17, 15) is 13.6 Å². The Morgan fingerprint density at radius 1 is 1.12 bits per heavy atom. The van der Waals surface area contributed by atoms with Crippen molar-refractivity contribution in [2.75, 3.05) is 10.6 Å². The van der Waals surface area contributed by atoms with Crippen LogP contribution in [0, 0.1) is 18.6 Å². The minimum atomic E-state index is -0.834. The summed E-state index contributed by atoms with van der Waals surface area (Å²) >= 11 is 0. The van der Waals surface area contributed by atoms with Gasteiger partial charge in [-0.2, -0.15) is 0 Å². The Hall–Kier alpha value is -2.57. The van der Waals surface area contributed by atoms with Crippen LogP contribution < -0.4 is 10.6 Å². The summed E-state index contributed by atoms with van der Waals surface area (Å²) in [6.07, 6.45) is 5.68. The van der Waals surface area contributed by atoms with Gasteiger partial charge >= 0.3 is 0 Å². The van der Waals surface area contributed by atoms with Crippen LogP contribution in [0.3, 0.4) is 0 Å². The van der Waals surface area contributed by atoms with Gasteiger partial charge in [0.1, 0.15) is 17.3 Å². The monoisotopic (exact) mass is 346 g/mol. The maximum atomic E-state index is 13.7. The van der Waals surface area contributed by atoms with Crippen LogP contribution in [0.2, 0.25) is 0 Å². The zero-order chi connectivity index (χ0) is 17.8. The van der Waals surface area contributed by atoms with Crippen molar-refractivity contribution in [3.8, 4) is 0 Å². The lowest BCUT2D eigenvalue weighted by Gasteiger charge is -2.23. The highest BCUT2D eigenvalue weighted by atomic mass is 19.1. The highest BCUT2D eigenvalue weighted by Crippen LogP contribution is 2.21. The number of aryl methyl sites for hydroxylation is 1. The third-order valence-electron chi connectivity index (χ3n) is 4.20. The lowest BCUT2D eigenvalue weighted by molar-refractivity contribution is 0.102. The Bertz CT molecular complexity index is 776. The number of amides is 1. The predicted octanol–water partition coefficient (Wildman–Crippen LogP) is 4.06. The number of hydrogen-bond donors (Lipinski definition) is 2. The van der Waals surface area contributed by atoms with Crippen LogP contribution in [-0.4, -0.2) is 21.9 Å². The highest BCUT2D eigenvalue weighted by Gasteiger charge is 2.17. The largest absolute Gasteiger partial charge is 0.351 e. The molecule has 132 valence electrons. The summed E-state index contributed by atoms with van der Waals surface area (Å²) in [6.45, 7) is 1.77. The molecule has 0 saturated heterocycles. The first-order valence-corrected chi connectivity index (χ1v) is 8.40. The van der Waals surface area contributed by atoms with E-state index in [1.54, 1.807) is 6.92 Å². The number of nitrogens with one attached hydrogen (secondary N) is 2. The average Bonchev–Trinajstić information content (AvgIpc) is 2.57. The molecule has 2 aromatic rings. The van der Waals surface area contributed by atoms with E-state index in [4.69, 9.17) is 0 Å². The number of aromatic nitrogens is 2. The van der Waals surface area contributed by atoms with Gasteiger partial charge in [0.25, 0.3) is 5.91 Å². The van der Waals surface area contributed by atoms with Gasteiger partial charge in [-0.3, -0.25) is 4.79 Å². The molecule has 1 aliphatic rings. The zero-order valence-electron chi connectivity index (χ0n) is 14.0. The molecule has 1 amide bonds. The minimum absolute atomic E-state index is 0.0931. The molecule has 7 heteroatoms. The van der Waals surface area contributed by atoms with Crippen molar-refractivity contribution in [2.24, 2.45) is 0 Å². The van der Waals surface area contributed by atoms with Crippen molar-refractivity contribution in [2.45, 2.75) is 45.1 Å². The fourth-order valence-corrected chi connectivity index (χ4v) is 2.96. The summed E-state index contributed by atoms with van der Waals surface area (Å²) in [5.74, 6) is -1.70. The fraction of sp³-hybridized carbons (Fsp3) is 0.389. The molecule has 1 aliphatic carbocycles. The summed E-state index contributed by atoms with van der Waals surface area (Å²) < 4.78 is 26.6. The number of rotatable bonds is 4. The van der Waals surface area contributed by atoms with Gasteiger partial charge in [-0.05, 0) is 38.0 Å². The molecule has 0 aliphatic heterocycles. The molecule has 5 nitrogen and oxygen atoms in total. The smallest absolute Gasteiger partial charge is 0.274 e. The van der Waals surface area contributed by atoms with Gasteiger partial charge in [-0.1, -0.05) is 19.3 Å². The summed E-state index contributed by atoms with van der Waals surface area (Å²) in [5.41, 5.74) is 0.678. The minimum Gasteiger partial charge on any atom is -0.351 e. The molecule has 0 unspecified atom stereocenters. The fourth-order valence-electron chi connectivity index (χ4n) is 2.96. The molecule has 1 aromatic heterocycles. The number of anilines is 2. The molecule has 0 bridgehead atoms. The molecule has 1 heterocycles. The van der Waals surface area contributed by atoms with Crippen molar-refractivity contribution in [3.05, 3.63) is 47.3 Å². The van der Waals surface area contributed by atoms with Gasteiger partial charge in [0.15, 0.2) is 0 Å². The Morgan fingerprint density at radius 2 is 1.88 bits per heavy atom. The van der Waals surface area contributed by atoms with Gasteiger partial charge in [-0.15, -0.1) is 0 Å². The first kappa shape index (κ1) is 17.3. The van der Waals surface area contributed by atoms with Crippen LogP contribution in [0.15, 0.2) is 24.3 Å². The molecule has 0 radical (unpaired) electrons. The van der Waals surface area contributed by atoms with Crippen molar-refractivity contribution in [1.29, 1.82) is 0 Å². The van der Waals surface area contributed by atoms with Crippen LogP contribution in [-0.2, 0) is 0 Å². The van der Waals surface area contributed by atoms with E-state index in [2.05, 4.69) is 20.6 Å². The Balaban J connectivity index is 1.75. The summed E-state index contributed by atoms with van der Waals surface area (Å²) in [6, 6.07) is 4.82. The molecule has 0 atom stereocenters. The van der Waals surface area contributed by atoms with Crippen LogP contribution >= 0.6 is 0 Å². The molecule has 1 fully saturated rings. The van der Waals surface area contributed by atoms with Gasteiger partial charge in [0, 0.05) is 17.8 Å². The third-order valence-corrected chi connectivity index (χ3v) is 4.20. The molecular formula is C18H20F2N4O. The highest BCUT2D eigenvalue weighted by molar-refractivity contribution is 6.03. The van der Waals surface area contributed by atoms with Crippen molar-refractivity contribution >= 4 is 17.5 Å². The van der Waals surface area contributed by atoms with Gasteiger partial charge in [-0.25, -0.2) is 18.7 Å². The number of nitrogens with zero attached hydrogens (tertiary/aromatic N) is 2. The van der Waals surface area contributed by atoms with Gasteiger partial charge < -0.3 is 10.6 Å². The lowest BCUT2D eigenvalue weighted by atomic mass is 9.96. The first-order chi connectivity index (χ1) is 12.0. The maximum Gasteiger partial charge on any atom is 0.274 e. The number of halogens is 2. The number of carbonyl (C=O) groups excluding carboxylic acids is 1. The van der Waals surface area contributed by atoms with Gasteiger partial charge in [0.05, 0.1) is 5.69 Å². The van der Waals surface area contributed by atoms with E-state index in [0.717, 1.165) is 25.0 Å². The Labute approximate surface area is 144 Å². The maximum absolute atomic E-state index is 13.7. The van der Waals surface area contributed by atoms with Crippen LogP contribution in [0.5, 0.6) is 0 Å². The van der Waals surface area contributed by atoms with Crippen molar-refractivity contribution in [1.82, 2.24) is 9.97 Å². The van der Waals surface area contributed by atoms with Crippen LogP contribution in [0.25, 0.3) is 0 Å². The second kappa shape index (κ2) is 7.55. The van der Waals surface area contributed by atoms with Crippen LogP contribution in [0.1, 0.15) is 48.3 Å². The second-order valence-corrected chi connectivity index (χ2v) is 6.28. The van der Waals surface area contributed by atoms with E-state index < -0.39 is 17.5 Å². The Kier molecular flexibility index (Phi) is 5.21. The quantitative estimate of drug-likeness (QED) is 0.876. The normalized spacial score (nSPS) is 15.0. The molecule has 2 N–H and O–H groups in total. The molecule has 25 heavy (non-hydrogen) atoms. The molecule has 1 saturated carbocycles. The molecule has 3 rings (SSSR count). The van der Waals surface area contributed by atoms with E-state index in [0.29, 0.717) is 17.7 Å². The van der Waals surface area contributed by atoms with E-state index >= 15 is 0 Å². The number of benzene rings is 1. The number of carbonyl (C=O) groups is 1. The van der Waals surface area contributed by atoms with E-state index in [-0.39, 0.29) is 11.4 Å². The third kappa shape index (κ3) is 4.49. The van der Waals surface area contributed by atoms with E-state index in [1.165, 1.54) is 31.4 Å². The SMILES string of the molecule is Cc1cc(C(=O)Nc2ccc(F)cc2F)nc(NC2CCCCC2)n1.